The van der Waals surface area contributed by atoms with Gasteiger partial charge in [0.25, 0.3) is 0 Å². The molecule has 2 aliphatic heterocycles. The van der Waals surface area contributed by atoms with Crippen molar-refractivity contribution >= 4 is 11.6 Å². The Bertz CT molecular complexity index is 483. The molecule has 2 heterocycles. The smallest absolute Gasteiger partial charge is 0.222 e. The topological polar surface area (TPSA) is 35.6 Å². The van der Waals surface area contributed by atoms with Crippen molar-refractivity contribution in [2.75, 3.05) is 37.6 Å². The van der Waals surface area contributed by atoms with Crippen LogP contribution in [0, 0.1) is 0 Å². The van der Waals surface area contributed by atoms with Crippen LogP contribution in [0.3, 0.4) is 0 Å². The highest BCUT2D eigenvalue weighted by atomic mass is 16.2. The molecule has 0 aliphatic carbocycles. The first-order valence-corrected chi connectivity index (χ1v) is 8.16. The molecule has 1 aromatic rings. The number of para-hydroxylation sites is 1. The zero-order valence-corrected chi connectivity index (χ0v) is 12.7. The van der Waals surface area contributed by atoms with Gasteiger partial charge in [-0.05, 0) is 24.5 Å². The summed E-state index contributed by atoms with van der Waals surface area (Å²) in [6.07, 6.45) is 4.09. The summed E-state index contributed by atoms with van der Waals surface area (Å²) < 4.78 is 0. The number of likely N-dealkylation sites (tertiary alicyclic amines) is 1. The number of hydrogen-bond donors (Lipinski definition) is 1. The average Bonchev–Trinajstić information content (AvgIpc) is 2.74. The Morgan fingerprint density at radius 1 is 1.00 bits per heavy atom. The van der Waals surface area contributed by atoms with Gasteiger partial charge in [0.15, 0.2) is 0 Å². The molecule has 2 fully saturated rings. The van der Waals surface area contributed by atoms with E-state index < -0.39 is 0 Å². The third-order valence-electron chi connectivity index (χ3n) is 4.48. The van der Waals surface area contributed by atoms with Crippen molar-refractivity contribution in [1.29, 1.82) is 0 Å². The number of benzene rings is 1. The molecule has 0 saturated carbocycles. The normalized spacial score (nSPS) is 20.5. The minimum absolute atomic E-state index is 0.322. The molecule has 21 heavy (non-hydrogen) atoms. The van der Waals surface area contributed by atoms with Gasteiger partial charge in [0, 0.05) is 51.4 Å². The van der Waals surface area contributed by atoms with Crippen molar-refractivity contribution in [3.63, 3.8) is 0 Å². The van der Waals surface area contributed by atoms with Crippen LogP contribution in [0.1, 0.15) is 31.2 Å². The van der Waals surface area contributed by atoms with E-state index in [9.17, 15) is 4.79 Å². The van der Waals surface area contributed by atoms with Crippen LogP contribution in [0.5, 0.6) is 0 Å². The maximum Gasteiger partial charge on any atom is 0.222 e. The Labute approximate surface area is 127 Å². The molecule has 2 aliphatic rings. The predicted molar refractivity (Wildman–Crippen MR) is 85.4 cm³/mol. The number of carbonyl (C=O) groups excluding carboxylic acids is 1. The standard InChI is InChI=1S/C17H25N3O/c21-17-8-2-1-5-11-20(17)14-15-6-3-4-7-16(15)19-12-9-18-10-13-19/h3-4,6-7,18H,1-2,5,8-14H2. The maximum atomic E-state index is 12.2. The van der Waals surface area contributed by atoms with Gasteiger partial charge in [-0.3, -0.25) is 4.79 Å². The molecule has 3 rings (SSSR count). The summed E-state index contributed by atoms with van der Waals surface area (Å²) in [5, 5.41) is 3.39. The summed E-state index contributed by atoms with van der Waals surface area (Å²) in [7, 11) is 0. The van der Waals surface area contributed by atoms with Crippen molar-refractivity contribution in [2.45, 2.75) is 32.2 Å². The van der Waals surface area contributed by atoms with Crippen LogP contribution < -0.4 is 10.2 Å². The van der Waals surface area contributed by atoms with Gasteiger partial charge in [0.1, 0.15) is 0 Å². The number of carbonyl (C=O) groups is 1. The Morgan fingerprint density at radius 2 is 1.81 bits per heavy atom. The van der Waals surface area contributed by atoms with Gasteiger partial charge >= 0.3 is 0 Å². The monoisotopic (exact) mass is 287 g/mol. The van der Waals surface area contributed by atoms with Gasteiger partial charge in [-0.25, -0.2) is 0 Å². The molecule has 1 amide bonds. The molecular formula is C17H25N3O. The van der Waals surface area contributed by atoms with E-state index in [1.54, 1.807) is 0 Å². The minimum atomic E-state index is 0.322. The molecular weight excluding hydrogens is 262 g/mol. The number of piperazine rings is 1. The molecule has 1 aromatic carbocycles. The summed E-state index contributed by atoms with van der Waals surface area (Å²) in [6, 6.07) is 8.56. The van der Waals surface area contributed by atoms with E-state index >= 15 is 0 Å². The van der Waals surface area contributed by atoms with Gasteiger partial charge in [-0.15, -0.1) is 0 Å². The summed E-state index contributed by atoms with van der Waals surface area (Å²) in [5.41, 5.74) is 2.59. The number of nitrogens with zero attached hydrogens (tertiary/aromatic N) is 2. The van der Waals surface area contributed by atoms with Crippen LogP contribution in [0.4, 0.5) is 5.69 Å². The molecule has 0 bridgehead atoms. The fourth-order valence-corrected chi connectivity index (χ4v) is 3.27. The van der Waals surface area contributed by atoms with Crippen molar-refractivity contribution in [2.24, 2.45) is 0 Å². The summed E-state index contributed by atoms with van der Waals surface area (Å²) in [5.74, 6) is 0.322. The summed E-state index contributed by atoms with van der Waals surface area (Å²) >= 11 is 0. The van der Waals surface area contributed by atoms with Crippen LogP contribution in [-0.2, 0) is 11.3 Å². The van der Waals surface area contributed by atoms with E-state index in [1.807, 2.05) is 4.90 Å². The first-order chi connectivity index (χ1) is 10.3. The van der Waals surface area contributed by atoms with E-state index in [2.05, 4.69) is 34.5 Å². The lowest BCUT2D eigenvalue weighted by atomic mass is 10.1. The van der Waals surface area contributed by atoms with Crippen LogP contribution in [0.25, 0.3) is 0 Å². The number of nitrogens with one attached hydrogen (secondary N) is 1. The first kappa shape index (κ1) is 14.4. The molecule has 2 saturated heterocycles. The van der Waals surface area contributed by atoms with Crippen LogP contribution in [-0.4, -0.2) is 43.5 Å². The molecule has 0 unspecified atom stereocenters. The van der Waals surface area contributed by atoms with Crippen molar-refractivity contribution in [3.8, 4) is 0 Å². The second-order valence-corrected chi connectivity index (χ2v) is 5.99. The van der Waals surface area contributed by atoms with Crippen molar-refractivity contribution < 1.29 is 4.79 Å². The zero-order valence-electron chi connectivity index (χ0n) is 12.7. The number of anilines is 1. The predicted octanol–water partition coefficient (Wildman–Crippen LogP) is 2.00. The quantitative estimate of drug-likeness (QED) is 0.923. The maximum absolute atomic E-state index is 12.2. The number of rotatable bonds is 3. The largest absolute Gasteiger partial charge is 0.369 e. The fourth-order valence-electron chi connectivity index (χ4n) is 3.27. The van der Waals surface area contributed by atoms with E-state index in [4.69, 9.17) is 0 Å². The highest BCUT2D eigenvalue weighted by Crippen LogP contribution is 2.24. The Morgan fingerprint density at radius 3 is 2.67 bits per heavy atom. The highest BCUT2D eigenvalue weighted by Gasteiger charge is 2.20. The number of amides is 1. The first-order valence-electron chi connectivity index (χ1n) is 8.16. The summed E-state index contributed by atoms with van der Waals surface area (Å²) in [6.45, 7) is 5.84. The minimum Gasteiger partial charge on any atom is -0.369 e. The fraction of sp³-hybridized carbons (Fsp3) is 0.588. The molecule has 114 valence electrons. The Hall–Kier alpha value is -1.55. The van der Waals surface area contributed by atoms with Gasteiger partial charge in [0.2, 0.25) is 5.91 Å². The lowest BCUT2D eigenvalue weighted by Gasteiger charge is -2.32. The number of hydrogen-bond acceptors (Lipinski definition) is 3. The Kier molecular flexibility index (Phi) is 4.76. The lowest BCUT2D eigenvalue weighted by molar-refractivity contribution is -0.131. The third kappa shape index (κ3) is 3.56. The Balaban J connectivity index is 1.76. The van der Waals surface area contributed by atoms with Gasteiger partial charge < -0.3 is 15.1 Å². The van der Waals surface area contributed by atoms with Crippen LogP contribution in [0.15, 0.2) is 24.3 Å². The lowest BCUT2D eigenvalue weighted by Crippen LogP contribution is -2.44. The molecule has 1 N–H and O–H groups in total. The van der Waals surface area contributed by atoms with Gasteiger partial charge in [-0.2, -0.15) is 0 Å². The van der Waals surface area contributed by atoms with Gasteiger partial charge in [-0.1, -0.05) is 24.6 Å². The average molecular weight is 287 g/mol. The molecule has 0 aromatic heterocycles. The van der Waals surface area contributed by atoms with Gasteiger partial charge in [0.05, 0.1) is 0 Å². The molecule has 0 spiro atoms. The molecule has 4 heteroatoms. The molecule has 0 radical (unpaired) electrons. The van der Waals surface area contributed by atoms with E-state index in [0.717, 1.165) is 58.5 Å². The van der Waals surface area contributed by atoms with Crippen molar-refractivity contribution in [1.82, 2.24) is 10.2 Å². The zero-order chi connectivity index (χ0) is 14.5. The second kappa shape index (κ2) is 6.94. The summed E-state index contributed by atoms with van der Waals surface area (Å²) in [4.78, 5) is 16.7. The second-order valence-electron chi connectivity index (χ2n) is 5.99. The molecule has 4 nitrogen and oxygen atoms in total. The van der Waals surface area contributed by atoms with E-state index in [0.29, 0.717) is 5.91 Å². The SMILES string of the molecule is O=C1CCCCCN1Cc1ccccc1N1CCNCC1. The van der Waals surface area contributed by atoms with Crippen LogP contribution >= 0.6 is 0 Å². The van der Waals surface area contributed by atoms with Crippen LogP contribution in [0.2, 0.25) is 0 Å². The third-order valence-corrected chi connectivity index (χ3v) is 4.48. The van der Waals surface area contributed by atoms with E-state index in [-0.39, 0.29) is 0 Å². The van der Waals surface area contributed by atoms with E-state index in [1.165, 1.54) is 17.7 Å². The highest BCUT2D eigenvalue weighted by molar-refractivity contribution is 5.76. The molecule has 0 atom stereocenters. The van der Waals surface area contributed by atoms with Crippen molar-refractivity contribution in [3.05, 3.63) is 29.8 Å².